The quantitative estimate of drug-likeness (QED) is 0.881. The fraction of sp³-hybridized carbons (Fsp3) is 0.267. The summed E-state index contributed by atoms with van der Waals surface area (Å²) < 4.78 is 0. The first-order valence-corrected chi connectivity index (χ1v) is 7.19. The fourth-order valence-corrected chi connectivity index (χ4v) is 2.74. The topological polar surface area (TPSA) is 55.1 Å². The molecule has 1 unspecified atom stereocenters. The van der Waals surface area contributed by atoms with Crippen LogP contribution in [0.3, 0.4) is 0 Å². The van der Waals surface area contributed by atoms with E-state index in [0.717, 1.165) is 22.4 Å². The molecular formula is C15H18N2OS. The largest absolute Gasteiger partial charge is 0.351 e. The lowest BCUT2D eigenvalue weighted by molar-refractivity contribution is 0.0956. The molecule has 0 aliphatic carbocycles. The third-order valence-electron chi connectivity index (χ3n) is 3.04. The number of aryl methyl sites for hydroxylation is 1. The Morgan fingerprint density at radius 2 is 2.05 bits per heavy atom. The maximum Gasteiger partial charge on any atom is 0.261 e. The number of thiophene rings is 1. The van der Waals surface area contributed by atoms with E-state index >= 15 is 0 Å². The molecule has 3 N–H and O–H groups in total. The van der Waals surface area contributed by atoms with E-state index in [2.05, 4.69) is 5.32 Å². The second-order valence-corrected chi connectivity index (χ2v) is 5.41. The summed E-state index contributed by atoms with van der Waals surface area (Å²) in [6, 6.07) is 11.9. The highest BCUT2D eigenvalue weighted by atomic mass is 32.1. The van der Waals surface area contributed by atoms with Crippen LogP contribution in [-0.2, 0) is 0 Å². The van der Waals surface area contributed by atoms with Gasteiger partial charge in [0.25, 0.3) is 5.91 Å². The van der Waals surface area contributed by atoms with Gasteiger partial charge >= 0.3 is 0 Å². The van der Waals surface area contributed by atoms with Crippen molar-refractivity contribution in [1.29, 1.82) is 0 Å². The number of nitrogens with one attached hydrogen (secondary N) is 1. The molecule has 19 heavy (non-hydrogen) atoms. The molecule has 1 atom stereocenters. The highest BCUT2D eigenvalue weighted by molar-refractivity contribution is 7.12. The molecule has 2 aromatic rings. The lowest BCUT2D eigenvalue weighted by atomic mass is 10.1. The molecule has 4 heteroatoms. The molecule has 2 rings (SSSR count). The Bertz CT molecular complexity index is 536. The van der Waals surface area contributed by atoms with Gasteiger partial charge < -0.3 is 11.1 Å². The van der Waals surface area contributed by atoms with Crippen molar-refractivity contribution in [3.8, 4) is 0 Å². The van der Waals surface area contributed by atoms with Crippen LogP contribution in [0.25, 0.3) is 0 Å². The normalized spacial score (nSPS) is 12.1. The molecule has 0 aliphatic rings. The minimum absolute atomic E-state index is 0.00670. The molecule has 0 bridgehead atoms. The van der Waals surface area contributed by atoms with Crippen molar-refractivity contribution in [2.24, 2.45) is 5.73 Å². The van der Waals surface area contributed by atoms with E-state index in [1.165, 1.54) is 11.3 Å². The summed E-state index contributed by atoms with van der Waals surface area (Å²) in [7, 11) is 0. The van der Waals surface area contributed by atoms with E-state index in [-0.39, 0.29) is 11.9 Å². The van der Waals surface area contributed by atoms with Gasteiger partial charge in [-0.25, -0.2) is 0 Å². The zero-order valence-corrected chi connectivity index (χ0v) is 11.7. The smallest absolute Gasteiger partial charge is 0.261 e. The summed E-state index contributed by atoms with van der Waals surface area (Å²) in [5, 5.41) is 4.85. The zero-order valence-electron chi connectivity index (χ0n) is 10.9. The van der Waals surface area contributed by atoms with Crippen molar-refractivity contribution < 1.29 is 4.79 Å². The van der Waals surface area contributed by atoms with Crippen LogP contribution in [0, 0.1) is 6.92 Å². The first-order chi connectivity index (χ1) is 9.18. The fourth-order valence-electron chi connectivity index (χ4n) is 1.89. The Morgan fingerprint density at radius 1 is 1.32 bits per heavy atom. The summed E-state index contributed by atoms with van der Waals surface area (Å²) in [5.41, 5.74) is 8.21. The molecule has 3 nitrogen and oxygen atoms in total. The number of hydrogen-bond donors (Lipinski definition) is 2. The molecule has 1 aromatic carbocycles. The monoisotopic (exact) mass is 274 g/mol. The Morgan fingerprint density at radius 3 is 2.68 bits per heavy atom. The van der Waals surface area contributed by atoms with E-state index in [0.29, 0.717) is 6.54 Å². The number of amides is 1. The molecular weight excluding hydrogens is 256 g/mol. The Labute approximate surface area is 117 Å². The average molecular weight is 274 g/mol. The number of carbonyl (C=O) groups is 1. The molecule has 0 radical (unpaired) electrons. The summed E-state index contributed by atoms with van der Waals surface area (Å²) in [6.45, 7) is 2.54. The molecule has 0 spiro atoms. The standard InChI is InChI=1S/C15H18N2OS/c1-11-8-10-19-14(11)15(18)17-9-7-13(16)12-5-3-2-4-6-12/h2-6,8,10,13H,7,9,16H2,1H3,(H,17,18). The van der Waals surface area contributed by atoms with Gasteiger partial charge in [-0.15, -0.1) is 11.3 Å². The lowest BCUT2D eigenvalue weighted by Crippen LogP contribution is -2.27. The second kappa shape index (κ2) is 6.50. The molecule has 0 saturated carbocycles. The Kier molecular flexibility index (Phi) is 4.71. The van der Waals surface area contributed by atoms with Gasteiger partial charge in [-0.1, -0.05) is 30.3 Å². The summed E-state index contributed by atoms with van der Waals surface area (Å²) in [4.78, 5) is 12.7. The van der Waals surface area contributed by atoms with Gasteiger partial charge in [0, 0.05) is 12.6 Å². The van der Waals surface area contributed by atoms with E-state index in [4.69, 9.17) is 5.73 Å². The van der Waals surface area contributed by atoms with Crippen molar-refractivity contribution in [2.45, 2.75) is 19.4 Å². The van der Waals surface area contributed by atoms with Crippen LogP contribution >= 0.6 is 11.3 Å². The lowest BCUT2D eigenvalue weighted by Gasteiger charge is -2.12. The second-order valence-electron chi connectivity index (χ2n) is 4.49. The van der Waals surface area contributed by atoms with Gasteiger partial charge in [-0.3, -0.25) is 4.79 Å². The van der Waals surface area contributed by atoms with Crippen molar-refractivity contribution in [2.75, 3.05) is 6.54 Å². The van der Waals surface area contributed by atoms with Crippen LogP contribution in [0.5, 0.6) is 0 Å². The maximum atomic E-state index is 11.9. The Hall–Kier alpha value is -1.65. The molecule has 0 saturated heterocycles. The first kappa shape index (κ1) is 13.8. The van der Waals surface area contributed by atoms with Crippen molar-refractivity contribution in [3.63, 3.8) is 0 Å². The summed E-state index contributed by atoms with van der Waals surface area (Å²) in [6.07, 6.45) is 0.736. The van der Waals surface area contributed by atoms with Crippen LogP contribution in [0.2, 0.25) is 0 Å². The van der Waals surface area contributed by atoms with Crippen LogP contribution in [0.1, 0.15) is 33.3 Å². The van der Waals surface area contributed by atoms with Crippen molar-refractivity contribution >= 4 is 17.2 Å². The molecule has 100 valence electrons. The SMILES string of the molecule is Cc1ccsc1C(=O)NCCC(N)c1ccccc1. The summed E-state index contributed by atoms with van der Waals surface area (Å²) >= 11 is 1.47. The van der Waals surface area contributed by atoms with Crippen LogP contribution in [0.15, 0.2) is 41.8 Å². The predicted molar refractivity (Wildman–Crippen MR) is 79.4 cm³/mol. The van der Waals surface area contributed by atoms with E-state index in [1.54, 1.807) is 0 Å². The predicted octanol–water partition coefficient (Wildman–Crippen LogP) is 2.88. The summed E-state index contributed by atoms with van der Waals surface area (Å²) in [5.74, 6) is -0.00670. The van der Waals surface area contributed by atoms with Crippen molar-refractivity contribution in [3.05, 3.63) is 57.8 Å². The highest BCUT2D eigenvalue weighted by Crippen LogP contribution is 2.16. The third kappa shape index (κ3) is 3.66. The van der Waals surface area contributed by atoms with Crippen LogP contribution in [0.4, 0.5) is 0 Å². The number of benzene rings is 1. The Balaban J connectivity index is 1.81. The maximum absolute atomic E-state index is 11.9. The van der Waals surface area contributed by atoms with E-state index in [1.807, 2.05) is 48.7 Å². The van der Waals surface area contributed by atoms with Gasteiger partial charge in [0.1, 0.15) is 0 Å². The van der Waals surface area contributed by atoms with E-state index in [9.17, 15) is 4.79 Å². The van der Waals surface area contributed by atoms with Crippen LogP contribution in [-0.4, -0.2) is 12.5 Å². The van der Waals surface area contributed by atoms with Gasteiger partial charge in [-0.2, -0.15) is 0 Å². The highest BCUT2D eigenvalue weighted by Gasteiger charge is 2.11. The van der Waals surface area contributed by atoms with Gasteiger partial charge in [0.2, 0.25) is 0 Å². The van der Waals surface area contributed by atoms with Gasteiger partial charge in [-0.05, 0) is 35.9 Å². The van der Waals surface area contributed by atoms with Crippen LogP contribution < -0.4 is 11.1 Å². The number of rotatable bonds is 5. The average Bonchev–Trinajstić information content (AvgIpc) is 2.86. The first-order valence-electron chi connectivity index (χ1n) is 6.31. The number of hydrogen-bond acceptors (Lipinski definition) is 3. The minimum Gasteiger partial charge on any atom is -0.351 e. The zero-order chi connectivity index (χ0) is 13.7. The minimum atomic E-state index is -0.0362. The van der Waals surface area contributed by atoms with Crippen molar-refractivity contribution in [1.82, 2.24) is 5.32 Å². The van der Waals surface area contributed by atoms with E-state index < -0.39 is 0 Å². The third-order valence-corrected chi connectivity index (χ3v) is 4.05. The molecule has 1 amide bonds. The van der Waals surface area contributed by atoms with Gasteiger partial charge in [0.15, 0.2) is 0 Å². The molecule has 0 aliphatic heterocycles. The molecule has 1 aromatic heterocycles. The number of nitrogens with two attached hydrogens (primary N) is 1. The van der Waals surface area contributed by atoms with Gasteiger partial charge in [0.05, 0.1) is 4.88 Å². The molecule has 0 fully saturated rings. The molecule has 1 heterocycles. The number of carbonyl (C=O) groups excluding carboxylic acids is 1.